The monoisotopic (exact) mass is 253 g/mol. The minimum absolute atomic E-state index is 0.461. The van der Waals surface area contributed by atoms with Gasteiger partial charge in [0.15, 0.2) is 0 Å². The van der Waals surface area contributed by atoms with E-state index in [-0.39, 0.29) is 0 Å². The molecule has 2 atom stereocenters. The van der Waals surface area contributed by atoms with Crippen molar-refractivity contribution in [2.45, 2.75) is 76.9 Å². The van der Waals surface area contributed by atoms with Crippen molar-refractivity contribution in [1.82, 2.24) is 5.32 Å². The molecule has 2 nitrogen and oxygen atoms in total. The van der Waals surface area contributed by atoms with Crippen LogP contribution >= 0.6 is 0 Å². The fourth-order valence-corrected chi connectivity index (χ4v) is 4.17. The highest BCUT2D eigenvalue weighted by Gasteiger charge is 2.35. The number of hydrogen-bond donors (Lipinski definition) is 1. The lowest BCUT2D eigenvalue weighted by Gasteiger charge is -2.38. The third-order valence-electron chi connectivity index (χ3n) is 5.07. The first-order valence-electron chi connectivity index (χ1n) is 8.15. The van der Waals surface area contributed by atoms with Gasteiger partial charge in [-0.15, -0.1) is 0 Å². The number of rotatable bonds is 6. The quantitative estimate of drug-likeness (QED) is 0.778. The van der Waals surface area contributed by atoms with Gasteiger partial charge in [-0.1, -0.05) is 32.1 Å². The maximum atomic E-state index is 6.18. The van der Waals surface area contributed by atoms with Crippen LogP contribution in [0.3, 0.4) is 0 Å². The van der Waals surface area contributed by atoms with Crippen LogP contribution in [0.25, 0.3) is 0 Å². The van der Waals surface area contributed by atoms with Gasteiger partial charge in [0.2, 0.25) is 0 Å². The molecule has 2 aliphatic carbocycles. The SMILES string of the molecule is CCOC(C1CCCCC1)C(NC)C1CCCC1. The third-order valence-corrected chi connectivity index (χ3v) is 5.07. The molecule has 0 aromatic rings. The summed E-state index contributed by atoms with van der Waals surface area (Å²) in [6, 6.07) is 0.593. The minimum Gasteiger partial charge on any atom is -0.377 e. The summed E-state index contributed by atoms with van der Waals surface area (Å²) >= 11 is 0. The van der Waals surface area contributed by atoms with Crippen molar-refractivity contribution in [3.05, 3.63) is 0 Å². The zero-order chi connectivity index (χ0) is 12.8. The molecule has 2 rings (SSSR count). The van der Waals surface area contributed by atoms with Crippen molar-refractivity contribution in [1.29, 1.82) is 0 Å². The Labute approximate surface area is 113 Å². The first kappa shape index (κ1) is 14.3. The largest absolute Gasteiger partial charge is 0.377 e. The van der Waals surface area contributed by atoms with Gasteiger partial charge < -0.3 is 10.1 Å². The number of likely N-dealkylation sites (N-methyl/N-ethyl adjacent to an activating group) is 1. The van der Waals surface area contributed by atoms with Crippen LogP contribution in [-0.4, -0.2) is 25.8 Å². The van der Waals surface area contributed by atoms with Gasteiger partial charge >= 0.3 is 0 Å². The molecule has 106 valence electrons. The highest BCUT2D eigenvalue weighted by Crippen LogP contribution is 2.36. The van der Waals surface area contributed by atoms with E-state index in [0.717, 1.165) is 18.4 Å². The van der Waals surface area contributed by atoms with Crippen molar-refractivity contribution in [2.24, 2.45) is 11.8 Å². The zero-order valence-electron chi connectivity index (χ0n) is 12.3. The first-order chi connectivity index (χ1) is 8.86. The maximum Gasteiger partial charge on any atom is 0.0758 e. The normalized spacial score (nSPS) is 26.3. The van der Waals surface area contributed by atoms with Gasteiger partial charge in [-0.2, -0.15) is 0 Å². The van der Waals surface area contributed by atoms with E-state index < -0.39 is 0 Å². The summed E-state index contributed by atoms with van der Waals surface area (Å²) in [4.78, 5) is 0. The molecule has 2 heteroatoms. The number of nitrogens with one attached hydrogen (secondary N) is 1. The Morgan fingerprint density at radius 1 is 0.944 bits per heavy atom. The fourth-order valence-electron chi connectivity index (χ4n) is 4.17. The Hall–Kier alpha value is -0.0800. The van der Waals surface area contributed by atoms with Gasteiger partial charge in [-0.05, 0) is 51.5 Å². The highest BCUT2D eigenvalue weighted by molar-refractivity contribution is 4.90. The van der Waals surface area contributed by atoms with E-state index in [1.54, 1.807) is 0 Å². The van der Waals surface area contributed by atoms with Crippen molar-refractivity contribution >= 4 is 0 Å². The van der Waals surface area contributed by atoms with E-state index >= 15 is 0 Å². The van der Waals surface area contributed by atoms with Crippen LogP contribution in [-0.2, 0) is 4.74 Å². The van der Waals surface area contributed by atoms with E-state index in [1.165, 1.54) is 57.8 Å². The molecule has 2 saturated carbocycles. The van der Waals surface area contributed by atoms with Crippen LogP contribution in [0, 0.1) is 11.8 Å². The third kappa shape index (κ3) is 3.48. The van der Waals surface area contributed by atoms with Crippen LogP contribution in [0.5, 0.6) is 0 Å². The van der Waals surface area contributed by atoms with Gasteiger partial charge in [0, 0.05) is 12.6 Å². The second-order valence-electron chi connectivity index (χ2n) is 6.18. The predicted octanol–water partition coefficient (Wildman–Crippen LogP) is 3.75. The number of ether oxygens (including phenoxy) is 1. The second-order valence-corrected chi connectivity index (χ2v) is 6.18. The fraction of sp³-hybridized carbons (Fsp3) is 1.00. The maximum absolute atomic E-state index is 6.18. The van der Waals surface area contributed by atoms with Crippen LogP contribution in [0.1, 0.15) is 64.7 Å². The highest BCUT2D eigenvalue weighted by atomic mass is 16.5. The zero-order valence-corrected chi connectivity index (χ0v) is 12.3. The molecule has 0 heterocycles. The first-order valence-corrected chi connectivity index (χ1v) is 8.15. The number of hydrogen-bond acceptors (Lipinski definition) is 2. The summed E-state index contributed by atoms with van der Waals surface area (Å²) in [6.45, 7) is 3.02. The molecule has 0 aromatic carbocycles. The van der Waals surface area contributed by atoms with E-state index in [0.29, 0.717) is 12.1 Å². The Balaban J connectivity index is 2.00. The Morgan fingerprint density at radius 2 is 1.50 bits per heavy atom. The van der Waals surface area contributed by atoms with Crippen LogP contribution in [0.2, 0.25) is 0 Å². The van der Waals surface area contributed by atoms with Gasteiger partial charge in [0.1, 0.15) is 0 Å². The Bertz CT molecular complexity index is 219. The summed E-state index contributed by atoms with van der Waals surface area (Å²) in [6.07, 6.45) is 13.1. The lowest BCUT2D eigenvalue weighted by molar-refractivity contribution is -0.0289. The molecule has 0 aliphatic heterocycles. The van der Waals surface area contributed by atoms with Gasteiger partial charge in [0.05, 0.1) is 6.10 Å². The molecule has 0 radical (unpaired) electrons. The van der Waals surface area contributed by atoms with E-state index in [2.05, 4.69) is 19.3 Å². The topological polar surface area (TPSA) is 21.3 Å². The van der Waals surface area contributed by atoms with Gasteiger partial charge in [-0.25, -0.2) is 0 Å². The Morgan fingerprint density at radius 3 is 2.06 bits per heavy atom. The molecular formula is C16H31NO. The summed E-state index contributed by atoms with van der Waals surface area (Å²) < 4.78 is 6.18. The molecule has 0 amide bonds. The van der Waals surface area contributed by atoms with Crippen molar-refractivity contribution < 1.29 is 4.74 Å². The summed E-state index contributed by atoms with van der Waals surface area (Å²) in [5, 5.41) is 3.60. The molecule has 0 aromatic heterocycles. The van der Waals surface area contributed by atoms with Crippen molar-refractivity contribution in [2.75, 3.05) is 13.7 Å². The van der Waals surface area contributed by atoms with Crippen LogP contribution < -0.4 is 5.32 Å². The molecule has 2 aliphatic rings. The molecule has 18 heavy (non-hydrogen) atoms. The minimum atomic E-state index is 0.461. The molecular weight excluding hydrogens is 222 g/mol. The van der Waals surface area contributed by atoms with Gasteiger partial charge in [-0.3, -0.25) is 0 Å². The summed E-state index contributed by atoms with van der Waals surface area (Å²) in [5.74, 6) is 1.66. The Kier molecular flexibility index (Phi) is 5.97. The lowest BCUT2D eigenvalue weighted by Crippen LogP contribution is -2.48. The van der Waals surface area contributed by atoms with E-state index in [9.17, 15) is 0 Å². The van der Waals surface area contributed by atoms with Crippen molar-refractivity contribution in [3.8, 4) is 0 Å². The molecule has 0 spiro atoms. The second kappa shape index (κ2) is 7.49. The predicted molar refractivity (Wildman–Crippen MR) is 76.8 cm³/mol. The molecule has 2 fully saturated rings. The summed E-state index contributed by atoms with van der Waals surface area (Å²) in [7, 11) is 2.14. The lowest BCUT2D eigenvalue weighted by atomic mass is 9.79. The van der Waals surface area contributed by atoms with E-state index in [1.807, 2.05) is 0 Å². The molecule has 0 bridgehead atoms. The average molecular weight is 253 g/mol. The standard InChI is InChI=1S/C16H31NO/c1-3-18-16(14-11-5-4-6-12-14)15(17-2)13-9-7-8-10-13/h13-17H,3-12H2,1-2H3. The van der Waals surface area contributed by atoms with Crippen LogP contribution in [0.15, 0.2) is 0 Å². The van der Waals surface area contributed by atoms with Crippen LogP contribution in [0.4, 0.5) is 0 Å². The average Bonchev–Trinajstić information content (AvgIpc) is 2.94. The molecule has 1 N–H and O–H groups in total. The summed E-state index contributed by atoms with van der Waals surface area (Å²) in [5.41, 5.74) is 0. The molecule has 0 saturated heterocycles. The molecule has 2 unspecified atom stereocenters. The van der Waals surface area contributed by atoms with Gasteiger partial charge in [0.25, 0.3) is 0 Å². The van der Waals surface area contributed by atoms with Crippen molar-refractivity contribution in [3.63, 3.8) is 0 Å². The van der Waals surface area contributed by atoms with E-state index in [4.69, 9.17) is 4.74 Å². The smallest absolute Gasteiger partial charge is 0.0758 e.